The number of hydrogen-bond donors (Lipinski definition) is 0. The summed E-state index contributed by atoms with van der Waals surface area (Å²) < 4.78 is 0. The summed E-state index contributed by atoms with van der Waals surface area (Å²) in [6, 6.07) is 0. The first-order chi connectivity index (χ1) is 4.12. The molecule has 0 heterocycles. The van der Waals surface area contributed by atoms with E-state index in [1.54, 1.807) is 0 Å². The molecule has 0 spiro atoms. The van der Waals surface area contributed by atoms with E-state index in [9.17, 15) is 0 Å². The molecule has 0 heteroatoms. The predicted molar refractivity (Wildman–Crippen MR) is 43.5 cm³/mol. The van der Waals surface area contributed by atoms with Gasteiger partial charge in [-0.1, -0.05) is 33.3 Å². The zero-order chi connectivity index (χ0) is 7.33. The van der Waals surface area contributed by atoms with Crippen molar-refractivity contribution in [2.75, 3.05) is 0 Å². The van der Waals surface area contributed by atoms with Gasteiger partial charge in [0.15, 0.2) is 0 Å². The second kappa shape index (κ2) is 3.71. The highest BCUT2D eigenvalue weighted by molar-refractivity contribution is 4.78. The molecule has 0 nitrogen and oxygen atoms in total. The van der Waals surface area contributed by atoms with Crippen LogP contribution >= 0.6 is 0 Å². The molecule has 0 aliphatic heterocycles. The third-order valence-electron chi connectivity index (χ3n) is 1.62. The summed E-state index contributed by atoms with van der Waals surface area (Å²) in [5, 5.41) is 0. The molecule has 0 aromatic heterocycles. The number of hydrogen-bond acceptors (Lipinski definition) is 0. The topological polar surface area (TPSA) is 0 Å². The van der Waals surface area contributed by atoms with Crippen LogP contribution in [0.3, 0.4) is 0 Å². The Morgan fingerprint density at radius 3 is 2.33 bits per heavy atom. The van der Waals surface area contributed by atoms with Crippen molar-refractivity contribution in [2.24, 2.45) is 5.41 Å². The van der Waals surface area contributed by atoms with Gasteiger partial charge in [0, 0.05) is 0 Å². The molecule has 0 saturated heterocycles. The Kier molecular flexibility index (Phi) is 3.60. The Morgan fingerprint density at radius 1 is 1.44 bits per heavy atom. The Bertz CT molecular complexity index is 80.0. The van der Waals surface area contributed by atoms with Crippen molar-refractivity contribution in [3.05, 3.63) is 12.7 Å². The van der Waals surface area contributed by atoms with E-state index in [2.05, 4.69) is 27.4 Å². The van der Waals surface area contributed by atoms with Gasteiger partial charge in [0.05, 0.1) is 0 Å². The van der Waals surface area contributed by atoms with E-state index in [-0.39, 0.29) is 0 Å². The molecule has 0 aromatic rings. The first-order valence-electron chi connectivity index (χ1n) is 3.73. The smallest absolute Gasteiger partial charge is 0.0302 e. The average Bonchev–Trinajstić information content (AvgIpc) is 1.64. The SMILES string of the molecule is C=CCC(C)(C)CCC. The van der Waals surface area contributed by atoms with E-state index in [1.165, 1.54) is 12.8 Å². The minimum atomic E-state index is 0.483. The lowest BCUT2D eigenvalue weighted by Crippen LogP contribution is -2.08. The van der Waals surface area contributed by atoms with E-state index < -0.39 is 0 Å². The molecule has 0 fully saturated rings. The van der Waals surface area contributed by atoms with Crippen LogP contribution in [0.4, 0.5) is 0 Å². The first kappa shape index (κ1) is 8.74. The monoisotopic (exact) mass is 126 g/mol. The van der Waals surface area contributed by atoms with Gasteiger partial charge in [0.1, 0.15) is 0 Å². The molecule has 0 aliphatic rings. The third-order valence-corrected chi connectivity index (χ3v) is 1.62. The molecule has 0 bridgehead atoms. The zero-order valence-corrected chi connectivity index (χ0v) is 6.91. The van der Waals surface area contributed by atoms with Crippen LogP contribution in [0.2, 0.25) is 0 Å². The van der Waals surface area contributed by atoms with Crippen molar-refractivity contribution in [3.63, 3.8) is 0 Å². The van der Waals surface area contributed by atoms with Gasteiger partial charge in [0.2, 0.25) is 0 Å². The molecule has 0 atom stereocenters. The van der Waals surface area contributed by atoms with Crippen molar-refractivity contribution in [3.8, 4) is 0 Å². The van der Waals surface area contributed by atoms with Gasteiger partial charge in [-0.3, -0.25) is 0 Å². The van der Waals surface area contributed by atoms with Crippen LogP contribution in [0.25, 0.3) is 0 Å². The van der Waals surface area contributed by atoms with Crippen molar-refractivity contribution in [1.29, 1.82) is 0 Å². The first-order valence-corrected chi connectivity index (χ1v) is 3.73. The normalized spacial score (nSPS) is 11.4. The maximum absolute atomic E-state index is 3.73. The van der Waals surface area contributed by atoms with E-state index in [0.29, 0.717) is 5.41 Å². The van der Waals surface area contributed by atoms with Gasteiger partial charge in [-0.25, -0.2) is 0 Å². The summed E-state index contributed by atoms with van der Waals surface area (Å²) in [7, 11) is 0. The Hall–Kier alpha value is -0.260. The summed E-state index contributed by atoms with van der Waals surface area (Å²) in [6.45, 7) is 10.5. The van der Waals surface area contributed by atoms with Gasteiger partial charge >= 0.3 is 0 Å². The Labute approximate surface area is 59.0 Å². The van der Waals surface area contributed by atoms with Crippen LogP contribution in [-0.2, 0) is 0 Å². The van der Waals surface area contributed by atoms with Crippen molar-refractivity contribution in [2.45, 2.75) is 40.0 Å². The molecule has 0 aromatic carbocycles. The fourth-order valence-corrected chi connectivity index (χ4v) is 1.17. The van der Waals surface area contributed by atoms with Crippen LogP contribution in [-0.4, -0.2) is 0 Å². The highest BCUT2D eigenvalue weighted by Gasteiger charge is 2.13. The van der Waals surface area contributed by atoms with Crippen LogP contribution in [0.15, 0.2) is 12.7 Å². The highest BCUT2D eigenvalue weighted by Crippen LogP contribution is 2.26. The molecule has 54 valence electrons. The van der Waals surface area contributed by atoms with Crippen molar-refractivity contribution < 1.29 is 0 Å². The van der Waals surface area contributed by atoms with E-state index in [0.717, 1.165) is 6.42 Å². The molecule has 0 aliphatic carbocycles. The van der Waals surface area contributed by atoms with Crippen molar-refractivity contribution >= 4 is 0 Å². The van der Waals surface area contributed by atoms with Crippen LogP contribution in [0, 0.1) is 5.41 Å². The maximum Gasteiger partial charge on any atom is -0.0302 e. The van der Waals surface area contributed by atoms with Crippen LogP contribution < -0.4 is 0 Å². The van der Waals surface area contributed by atoms with Gasteiger partial charge < -0.3 is 0 Å². The van der Waals surface area contributed by atoms with Crippen LogP contribution in [0.5, 0.6) is 0 Å². The minimum Gasteiger partial charge on any atom is -0.103 e. The van der Waals surface area contributed by atoms with E-state index >= 15 is 0 Å². The summed E-state index contributed by atoms with van der Waals surface area (Å²) in [5.41, 5.74) is 0.483. The van der Waals surface area contributed by atoms with E-state index in [4.69, 9.17) is 0 Å². The number of rotatable bonds is 4. The fourth-order valence-electron chi connectivity index (χ4n) is 1.17. The van der Waals surface area contributed by atoms with E-state index in [1.807, 2.05) is 6.08 Å². The van der Waals surface area contributed by atoms with Crippen LogP contribution in [0.1, 0.15) is 40.0 Å². The molecule has 0 N–H and O–H groups in total. The standard InChI is InChI=1S/C9H18/c1-5-7-9(3,4)8-6-2/h5H,1,6-8H2,2-4H3. The summed E-state index contributed by atoms with van der Waals surface area (Å²) in [4.78, 5) is 0. The molecule has 0 amide bonds. The zero-order valence-electron chi connectivity index (χ0n) is 6.91. The fraction of sp³-hybridized carbons (Fsp3) is 0.778. The predicted octanol–water partition coefficient (Wildman–Crippen LogP) is 3.39. The third kappa shape index (κ3) is 4.26. The molecule has 0 rings (SSSR count). The second-order valence-electron chi connectivity index (χ2n) is 3.41. The Balaban J connectivity index is 3.55. The molecule has 9 heavy (non-hydrogen) atoms. The average molecular weight is 126 g/mol. The highest BCUT2D eigenvalue weighted by atomic mass is 14.2. The largest absolute Gasteiger partial charge is 0.103 e. The molecular formula is C9H18. The van der Waals surface area contributed by atoms with Crippen molar-refractivity contribution in [1.82, 2.24) is 0 Å². The van der Waals surface area contributed by atoms with Gasteiger partial charge in [-0.2, -0.15) is 0 Å². The molecular weight excluding hydrogens is 108 g/mol. The lowest BCUT2D eigenvalue weighted by Gasteiger charge is -2.21. The minimum absolute atomic E-state index is 0.483. The molecule has 0 unspecified atom stereocenters. The summed E-state index contributed by atoms with van der Waals surface area (Å²) in [6.07, 6.45) is 5.73. The molecule has 0 saturated carbocycles. The molecule has 0 radical (unpaired) electrons. The lowest BCUT2D eigenvalue weighted by atomic mass is 9.85. The maximum atomic E-state index is 3.73. The summed E-state index contributed by atoms with van der Waals surface area (Å²) >= 11 is 0. The van der Waals surface area contributed by atoms with Gasteiger partial charge in [-0.05, 0) is 18.3 Å². The Morgan fingerprint density at radius 2 is 2.00 bits per heavy atom. The lowest BCUT2D eigenvalue weighted by molar-refractivity contribution is 0.336. The summed E-state index contributed by atoms with van der Waals surface area (Å²) in [5.74, 6) is 0. The second-order valence-corrected chi connectivity index (χ2v) is 3.41. The van der Waals surface area contributed by atoms with Gasteiger partial charge in [-0.15, -0.1) is 6.58 Å². The number of allylic oxidation sites excluding steroid dienone is 1. The van der Waals surface area contributed by atoms with Gasteiger partial charge in [0.25, 0.3) is 0 Å². The quantitative estimate of drug-likeness (QED) is 0.506.